The van der Waals surface area contributed by atoms with Crippen LogP contribution in [0.3, 0.4) is 0 Å². The number of alkyl halides is 2. The highest BCUT2D eigenvalue weighted by atomic mass is 19.3. The van der Waals surface area contributed by atoms with Gasteiger partial charge in [0.2, 0.25) is 0 Å². The fourth-order valence-corrected chi connectivity index (χ4v) is 8.85. The molecule has 0 spiro atoms. The number of carbonyl (C=O) groups is 1. The lowest BCUT2D eigenvalue weighted by atomic mass is 9.43. The van der Waals surface area contributed by atoms with Crippen molar-refractivity contribution in [2.45, 2.75) is 96.7 Å². The largest absolute Gasteiger partial charge is 0.469 e. The van der Waals surface area contributed by atoms with Gasteiger partial charge in [0, 0.05) is 12.8 Å². The molecule has 4 aliphatic carbocycles. The Labute approximate surface area is 185 Å². The van der Waals surface area contributed by atoms with E-state index >= 15 is 0 Å². The van der Waals surface area contributed by atoms with Crippen molar-refractivity contribution in [3.8, 4) is 0 Å². The molecule has 4 aliphatic rings. The van der Waals surface area contributed by atoms with Gasteiger partial charge in [0.25, 0.3) is 5.92 Å². The van der Waals surface area contributed by atoms with Crippen molar-refractivity contribution < 1.29 is 28.5 Å². The average molecular weight is 443 g/mol. The fourth-order valence-electron chi connectivity index (χ4n) is 8.85. The van der Waals surface area contributed by atoms with E-state index < -0.39 is 23.5 Å². The topological polar surface area (TPSA) is 66.8 Å². The predicted octanol–water partition coefficient (Wildman–Crippen LogP) is 4.81. The maximum absolute atomic E-state index is 14.6. The number of fused-ring (bicyclic) bond motifs is 5. The minimum atomic E-state index is -3.04. The van der Waals surface area contributed by atoms with Crippen LogP contribution in [-0.4, -0.2) is 41.4 Å². The van der Waals surface area contributed by atoms with E-state index in [0.717, 1.165) is 32.1 Å². The monoisotopic (exact) mass is 442 g/mol. The van der Waals surface area contributed by atoms with Gasteiger partial charge in [-0.25, -0.2) is 8.78 Å². The van der Waals surface area contributed by atoms with Gasteiger partial charge in [-0.2, -0.15) is 0 Å². The first kappa shape index (κ1) is 23.4. The number of aliphatic hydroxyl groups excluding tert-OH is 2. The van der Waals surface area contributed by atoms with Crippen molar-refractivity contribution in [1.29, 1.82) is 0 Å². The van der Waals surface area contributed by atoms with Crippen molar-refractivity contribution in [3.63, 3.8) is 0 Å². The van der Waals surface area contributed by atoms with Crippen LogP contribution >= 0.6 is 0 Å². The van der Waals surface area contributed by atoms with Crippen LogP contribution < -0.4 is 0 Å². The molecule has 4 fully saturated rings. The smallest absolute Gasteiger partial charge is 0.305 e. The Hall–Kier alpha value is -0.750. The molecule has 0 aromatic carbocycles. The van der Waals surface area contributed by atoms with E-state index in [1.165, 1.54) is 7.11 Å². The van der Waals surface area contributed by atoms with Crippen LogP contribution in [0.25, 0.3) is 0 Å². The van der Waals surface area contributed by atoms with Crippen LogP contribution in [0.2, 0.25) is 0 Å². The van der Waals surface area contributed by atoms with Gasteiger partial charge < -0.3 is 14.9 Å². The average Bonchev–Trinajstić information content (AvgIpc) is 3.05. The van der Waals surface area contributed by atoms with Crippen LogP contribution in [0.15, 0.2) is 0 Å². The standard InChI is InChI=1S/C25H40F2O4/c1-14(5-8-21(30)31-4)16-6-7-17-22-18(9-10-23(16,17)2)24(3)13-25(26,27)20(29)12-15(24)11-19(22)28/h14-20,22,28-29H,5-13H2,1-4H3/t14-,15-,16-,17+,18+,19-,20+,22+,23-,24+/m1/s1. The van der Waals surface area contributed by atoms with Gasteiger partial charge in [-0.15, -0.1) is 0 Å². The molecule has 0 unspecified atom stereocenters. The molecule has 4 saturated carbocycles. The number of carbonyl (C=O) groups excluding carboxylic acids is 1. The molecule has 178 valence electrons. The van der Waals surface area contributed by atoms with Gasteiger partial charge in [-0.3, -0.25) is 4.79 Å². The van der Waals surface area contributed by atoms with Crippen molar-refractivity contribution >= 4 is 5.97 Å². The summed E-state index contributed by atoms with van der Waals surface area (Å²) >= 11 is 0. The Morgan fingerprint density at radius 2 is 1.77 bits per heavy atom. The van der Waals surface area contributed by atoms with Gasteiger partial charge in [-0.05, 0) is 91.3 Å². The molecule has 4 rings (SSSR count). The maximum Gasteiger partial charge on any atom is 0.305 e. The van der Waals surface area contributed by atoms with E-state index in [-0.39, 0.29) is 42.0 Å². The molecule has 0 aromatic heterocycles. The second-order valence-electron chi connectivity index (χ2n) is 11.8. The summed E-state index contributed by atoms with van der Waals surface area (Å²) in [4.78, 5) is 11.6. The number of rotatable bonds is 4. The van der Waals surface area contributed by atoms with Crippen LogP contribution in [0.1, 0.15) is 78.6 Å². The number of ether oxygens (including phenoxy) is 1. The number of hydrogen-bond acceptors (Lipinski definition) is 4. The van der Waals surface area contributed by atoms with Gasteiger partial charge in [-0.1, -0.05) is 20.8 Å². The van der Waals surface area contributed by atoms with Crippen LogP contribution in [0.4, 0.5) is 8.78 Å². The molecule has 0 bridgehead atoms. The van der Waals surface area contributed by atoms with Gasteiger partial charge >= 0.3 is 5.97 Å². The Morgan fingerprint density at radius 3 is 2.45 bits per heavy atom. The lowest BCUT2D eigenvalue weighted by molar-refractivity contribution is -0.236. The summed E-state index contributed by atoms with van der Waals surface area (Å²) in [5.74, 6) is -1.90. The molecule has 31 heavy (non-hydrogen) atoms. The molecule has 10 atom stereocenters. The summed E-state index contributed by atoms with van der Waals surface area (Å²) in [6, 6.07) is 0. The van der Waals surface area contributed by atoms with Crippen LogP contribution in [0.5, 0.6) is 0 Å². The summed E-state index contributed by atoms with van der Waals surface area (Å²) < 4.78 is 34.0. The number of esters is 1. The van der Waals surface area contributed by atoms with E-state index in [4.69, 9.17) is 4.74 Å². The molecular formula is C25H40F2O4. The number of hydrogen-bond donors (Lipinski definition) is 2. The quantitative estimate of drug-likeness (QED) is 0.613. The zero-order valence-electron chi connectivity index (χ0n) is 19.4. The lowest BCUT2D eigenvalue weighted by Crippen LogP contribution is -2.62. The summed E-state index contributed by atoms with van der Waals surface area (Å²) in [6.45, 7) is 6.58. The fraction of sp³-hybridized carbons (Fsp3) is 0.960. The Kier molecular flexibility index (Phi) is 5.99. The highest BCUT2D eigenvalue weighted by Gasteiger charge is 2.66. The lowest BCUT2D eigenvalue weighted by Gasteiger charge is -2.63. The normalized spacial score (nSPS) is 49.5. The van der Waals surface area contributed by atoms with Gasteiger partial charge in [0.05, 0.1) is 13.2 Å². The van der Waals surface area contributed by atoms with Crippen molar-refractivity contribution in [2.24, 2.45) is 46.3 Å². The third-order valence-electron chi connectivity index (χ3n) is 10.5. The summed E-state index contributed by atoms with van der Waals surface area (Å²) in [5, 5.41) is 21.2. The van der Waals surface area contributed by atoms with E-state index in [9.17, 15) is 23.8 Å². The second kappa shape index (κ2) is 7.93. The molecule has 0 aliphatic heterocycles. The number of aliphatic hydroxyl groups is 2. The molecular weight excluding hydrogens is 402 g/mol. The van der Waals surface area contributed by atoms with Crippen LogP contribution in [0, 0.1) is 46.3 Å². The zero-order valence-corrected chi connectivity index (χ0v) is 19.4. The molecule has 0 heterocycles. The van der Waals surface area contributed by atoms with E-state index in [1.54, 1.807) is 0 Å². The van der Waals surface area contributed by atoms with Gasteiger partial charge in [0.1, 0.15) is 6.10 Å². The molecule has 4 nitrogen and oxygen atoms in total. The molecule has 0 radical (unpaired) electrons. The Balaban J connectivity index is 1.56. The number of methoxy groups -OCH3 is 1. The maximum atomic E-state index is 14.6. The SMILES string of the molecule is COC(=O)CC[C@@H](C)[C@H]1CC[C@H]2[C@@H]3[C@H](O)C[C@@H]4C[C@H](O)C(F)(F)C[C@]4(C)[C@H]3CC[C@]12C. The van der Waals surface area contributed by atoms with E-state index in [2.05, 4.69) is 13.8 Å². The van der Waals surface area contributed by atoms with E-state index in [0.29, 0.717) is 30.6 Å². The summed E-state index contributed by atoms with van der Waals surface area (Å²) in [5.41, 5.74) is -0.444. The molecule has 2 N–H and O–H groups in total. The highest BCUT2D eigenvalue weighted by Crippen LogP contribution is 2.69. The Morgan fingerprint density at radius 1 is 1.10 bits per heavy atom. The molecule has 0 saturated heterocycles. The second-order valence-corrected chi connectivity index (χ2v) is 11.8. The third-order valence-corrected chi connectivity index (χ3v) is 10.5. The third kappa shape index (κ3) is 3.64. The zero-order chi connectivity index (χ0) is 22.8. The molecule has 0 amide bonds. The molecule has 0 aromatic rings. The first-order valence-electron chi connectivity index (χ1n) is 12.2. The van der Waals surface area contributed by atoms with Crippen LogP contribution in [-0.2, 0) is 9.53 Å². The first-order chi connectivity index (χ1) is 14.4. The highest BCUT2D eigenvalue weighted by molar-refractivity contribution is 5.69. The summed E-state index contributed by atoms with van der Waals surface area (Å²) in [7, 11) is 1.42. The first-order valence-corrected chi connectivity index (χ1v) is 12.2. The van der Waals surface area contributed by atoms with Crippen molar-refractivity contribution in [1.82, 2.24) is 0 Å². The predicted molar refractivity (Wildman–Crippen MR) is 113 cm³/mol. The van der Waals surface area contributed by atoms with Crippen molar-refractivity contribution in [2.75, 3.05) is 7.11 Å². The van der Waals surface area contributed by atoms with Gasteiger partial charge in [0.15, 0.2) is 0 Å². The Bertz CT molecular complexity index is 699. The number of halogens is 2. The van der Waals surface area contributed by atoms with E-state index in [1.807, 2.05) is 6.92 Å². The van der Waals surface area contributed by atoms with Crippen molar-refractivity contribution in [3.05, 3.63) is 0 Å². The summed E-state index contributed by atoms with van der Waals surface area (Å²) in [6.07, 6.45) is 3.51. The minimum Gasteiger partial charge on any atom is -0.469 e. The molecule has 6 heteroatoms. The minimum absolute atomic E-state index is 0.0427.